The number of ether oxygens (including phenoxy) is 1. The number of hydrogen-bond acceptors (Lipinski definition) is 7. The minimum atomic E-state index is -0.767. The fraction of sp³-hybridized carbons (Fsp3) is 0.730. The third-order valence-corrected chi connectivity index (χ3v) is 10.4. The Balaban J connectivity index is 1.83. The van der Waals surface area contributed by atoms with Crippen LogP contribution in [-0.2, 0) is 29.3 Å². The van der Waals surface area contributed by atoms with Crippen molar-refractivity contribution in [2.75, 3.05) is 40.8 Å². The predicted octanol–water partition coefficient (Wildman–Crippen LogP) is 3.97. The Bertz CT molecular complexity index is 1210. The maximum absolute atomic E-state index is 14.4. The molecule has 10 nitrogen and oxygen atoms in total. The first kappa shape index (κ1) is 38.5. The Labute approximate surface area is 283 Å². The van der Waals surface area contributed by atoms with Crippen LogP contribution in [-0.4, -0.2) is 109 Å². The number of carbonyl (C=O) groups is 4. The van der Waals surface area contributed by atoms with Gasteiger partial charge in [0.15, 0.2) is 0 Å². The lowest BCUT2D eigenvalue weighted by Gasteiger charge is -2.45. The molecular formula is C37H61N5O5. The number of likely N-dealkylation sites (tertiary alicyclic amines) is 2. The molecule has 1 aromatic carbocycles. The number of carbonyl (C=O) groups excluding carboxylic acids is 4. The maximum Gasteiger partial charge on any atom is 0.328 e. The Hall–Kier alpha value is -2.98. The van der Waals surface area contributed by atoms with Crippen molar-refractivity contribution in [3.05, 3.63) is 35.9 Å². The summed E-state index contributed by atoms with van der Waals surface area (Å²) in [5.74, 6) is -0.659. The van der Waals surface area contributed by atoms with Gasteiger partial charge in [0.1, 0.15) is 12.1 Å². The standard InChI is InChI=1S/C37H61N5O5/c1-25(2)29(24-41-22-16-14-20-27(41)33(44)42-23-17-15-21-28(42)35(46)47-10)40(9)34(45)31(36(3,4)5)39-32(43)30(38-8)37(6,7)26-18-12-11-13-19-26/h11-13,18-19,25,27-31,38H,14-17,20-24H2,1-10H3,(H,39,43)/t27?,28-,29+,30+,31?/m0/s1. The maximum atomic E-state index is 14.4. The minimum absolute atomic E-state index is 0.0183. The number of nitrogens with one attached hydrogen (secondary N) is 2. The fourth-order valence-corrected chi connectivity index (χ4v) is 7.37. The van der Waals surface area contributed by atoms with Gasteiger partial charge in [0.05, 0.1) is 19.2 Å². The van der Waals surface area contributed by atoms with Gasteiger partial charge in [-0.3, -0.25) is 19.3 Å². The lowest BCUT2D eigenvalue weighted by Crippen LogP contribution is -2.63. The highest BCUT2D eigenvalue weighted by atomic mass is 16.5. The summed E-state index contributed by atoms with van der Waals surface area (Å²) in [7, 11) is 4.97. The highest BCUT2D eigenvalue weighted by molar-refractivity contribution is 5.91. The van der Waals surface area contributed by atoms with Crippen LogP contribution >= 0.6 is 0 Å². The zero-order chi connectivity index (χ0) is 35.1. The Morgan fingerprint density at radius 1 is 0.915 bits per heavy atom. The van der Waals surface area contributed by atoms with Crippen molar-refractivity contribution >= 4 is 23.7 Å². The van der Waals surface area contributed by atoms with Gasteiger partial charge in [0.2, 0.25) is 17.7 Å². The number of rotatable bonds is 12. The number of esters is 1. The molecule has 10 heteroatoms. The molecule has 2 fully saturated rings. The molecular weight excluding hydrogens is 594 g/mol. The second-order valence-corrected chi connectivity index (χ2v) is 15.5. The molecule has 3 rings (SSSR count). The van der Waals surface area contributed by atoms with E-state index >= 15 is 0 Å². The molecule has 0 radical (unpaired) electrons. The molecule has 3 amide bonds. The van der Waals surface area contributed by atoms with Crippen molar-refractivity contribution in [2.45, 2.75) is 123 Å². The highest BCUT2D eigenvalue weighted by Gasteiger charge is 2.44. The number of piperidine rings is 2. The van der Waals surface area contributed by atoms with E-state index in [9.17, 15) is 19.2 Å². The SMILES string of the molecule is CN[C@H](C(=O)NC(C(=O)N(C)[C@H](CN1CCCCC1C(=O)N1CCCC[C@H]1C(=O)OC)C(C)C)C(C)(C)C)C(C)(C)c1ccccc1. The van der Waals surface area contributed by atoms with Gasteiger partial charge in [0, 0.05) is 31.6 Å². The van der Waals surface area contributed by atoms with Crippen LogP contribution in [0.5, 0.6) is 0 Å². The van der Waals surface area contributed by atoms with Crippen LogP contribution in [0.2, 0.25) is 0 Å². The van der Waals surface area contributed by atoms with E-state index in [1.165, 1.54) is 7.11 Å². The Morgan fingerprint density at radius 3 is 2.06 bits per heavy atom. The van der Waals surface area contributed by atoms with Crippen LogP contribution in [0, 0.1) is 11.3 Å². The molecule has 0 saturated carbocycles. The van der Waals surface area contributed by atoms with E-state index < -0.39 is 29.0 Å². The Morgan fingerprint density at radius 2 is 1.51 bits per heavy atom. The third kappa shape index (κ3) is 9.13. The molecule has 0 aromatic heterocycles. The smallest absolute Gasteiger partial charge is 0.328 e. The second-order valence-electron chi connectivity index (χ2n) is 15.5. The first-order valence-electron chi connectivity index (χ1n) is 17.5. The monoisotopic (exact) mass is 655 g/mol. The number of benzene rings is 1. The predicted molar refractivity (Wildman–Crippen MR) is 186 cm³/mol. The van der Waals surface area contributed by atoms with Gasteiger partial charge in [-0.15, -0.1) is 0 Å². The average Bonchev–Trinajstić information content (AvgIpc) is 3.04. The summed E-state index contributed by atoms with van der Waals surface area (Å²) in [6, 6.07) is 7.50. The molecule has 2 saturated heterocycles. The van der Waals surface area contributed by atoms with E-state index in [4.69, 9.17) is 4.74 Å². The van der Waals surface area contributed by atoms with Crippen LogP contribution in [0.4, 0.5) is 0 Å². The topological polar surface area (TPSA) is 111 Å². The number of hydrogen-bond donors (Lipinski definition) is 2. The molecule has 2 unspecified atom stereocenters. The molecule has 5 atom stereocenters. The largest absolute Gasteiger partial charge is 0.467 e. The molecule has 1 aromatic rings. The summed E-state index contributed by atoms with van der Waals surface area (Å²) in [6.45, 7) is 16.0. The Kier molecular flexibility index (Phi) is 13.4. The normalized spacial score (nSPS) is 21.5. The second kappa shape index (κ2) is 16.4. The van der Waals surface area contributed by atoms with Crippen LogP contribution in [0.1, 0.15) is 92.6 Å². The van der Waals surface area contributed by atoms with Gasteiger partial charge in [-0.25, -0.2) is 4.79 Å². The zero-order valence-corrected chi connectivity index (χ0v) is 30.6. The summed E-state index contributed by atoms with van der Waals surface area (Å²) in [4.78, 5) is 60.7. The van der Waals surface area contributed by atoms with E-state index in [0.29, 0.717) is 19.5 Å². The van der Waals surface area contributed by atoms with Crippen molar-refractivity contribution in [3.63, 3.8) is 0 Å². The summed E-state index contributed by atoms with van der Waals surface area (Å²) in [5.41, 5.74) is -0.0637. The third-order valence-electron chi connectivity index (χ3n) is 10.4. The quantitative estimate of drug-likeness (QED) is 0.328. The number of nitrogens with zero attached hydrogens (tertiary/aromatic N) is 3. The van der Waals surface area contributed by atoms with E-state index in [0.717, 1.165) is 44.2 Å². The minimum Gasteiger partial charge on any atom is -0.467 e. The van der Waals surface area contributed by atoms with Crippen LogP contribution in [0.25, 0.3) is 0 Å². The van der Waals surface area contributed by atoms with Crippen molar-refractivity contribution < 1.29 is 23.9 Å². The highest BCUT2D eigenvalue weighted by Crippen LogP contribution is 2.30. The first-order chi connectivity index (χ1) is 22.1. The molecule has 0 bridgehead atoms. The van der Waals surface area contributed by atoms with Gasteiger partial charge in [-0.1, -0.05) is 85.2 Å². The molecule has 2 N–H and O–H groups in total. The number of methoxy groups -OCH3 is 1. The van der Waals surface area contributed by atoms with Crippen LogP contribution in [0.15, 0.2) is 30.3 Å². The van der Waals surface area contributed by atoms with Crippen molar-refractivity contribution in [1.29, 1.82) is 0 Å². The van der Waals surface area contributed by atoms with Gasteiger partial charge in [-0.05, 0) is 62.6 Å². The average molecular weight is 656 g/mol. The summed E-state index contributed by atoms with van der Waals surface area (Å²) >= 11 is 0. The molecule has 2 aliphatic heterocycles. The van der Waals surface area contributed by atoms with Crippen LogP contribution in [0.3, 0.4) is 0 Å². The van der Waals surface area contributed by atoms with E-state index in [1.807, 2.05) is 72.0 Å². The van der Waals surface area contributed by atoms with Crippen molar-refractivity contribution in [3.8, 4) is 0 Å². The van der Waals surface area contributed by atoms with Crippen LogP contribution < -0.4 is 10.6 Å². The van der Waals surface area contributed by atoms with E-state index in [2.05, 4.69) is 29.4 Å². The zero-order valence-electron chi connectivity index (χ0n) is 30.6. The van der Waals surface area contributed by atoms with Crippen molar-refractivity contribution in [2.24, 2.45) is 11.3 Å². The lowest BCUT2D eigenvalue weighted by molar-refractivity contribution is -0.157. The first-order valence-corrected chi connectivity index (χ1v) is 17.5. The summed E-state index contributed by atoms with van der Waals surface area (Å²) in [6.07, 6.45) is 5.01. The van der Waals surface area contributed by atoms with E-state index in [1.54, 1.807) is 16.8 Å². The number of likely N-dealkylation sites (N-methyl/N-ethyl adjacent to an activating group) is 2. The molecule has 264 valence electrons. The summed E-state index contributed by atoms with van der Waals surface area (Å²) < 4.78 is 5.05. The van der Waals surface area contributed by atoms with Gasteiger partial charge in [0.25, 0.3) is 0 Å². The molecule has 2 heterocycles. The van der Waals surface area contributed by atoms with Crippen molar-refractivity contribution in [1.82, 2.24) is 25.3 Å². The summed E-state index contributed by atoms with van der Waals surface area (Å²) in [5, 5.41) is 6.35. The van der Waals surface area contributed by atoms with Gasteiger partial charge < -0.3 is 25.2 Å². The lowest BCUT2D eigenvalue weighted by atomic mass is 9.76. The molecule has 2 aliphatic rings. The number of amides is 3. The van der Waals surface area contributed by atoms with Gasteiger partial charge in [-0.2, -0.15) is 0 Å². The molecule has 47 heavy (non-hydrogen) atoms. The van der Waals surface area contributed by atoms with Gasteiger partial charge >= 0.3 is 5.97 Å². The molecule has 0 aliphatic carbocycles. The fourth-order valence-electron chi connectivity index (χ4n) is 7.37. The molecule has 0 spiro atoms. The van der Waals surface area contributed by atoms with E-state index in [-0.39, 0.29) is 41.7 Å².